The largest absolute Gasteiger partial charge is 0.399 e. The van der Waals surface area contributed by atoms with Crippen LogP contribution >= 0.6 is 0 Å². The zero-order chi connectivity index (χ0) is 14.4. The number of anilines is 1. The number of likely N-dealkylation sites (tertiary alicyclic amines) is 1. The quantitative estimate of drug-likeness (QED) is 0.658. The SMILES string of the molecule is CN(CCN1CCCC1)C(=O)/C=C/c1cccc(N)c1. The molecule has 0 radical (unpaired) electrons. The van der Waals surface area contributed by atoms with Crippen molar-refractivity contribution in [1.29, 1.82) is 0 Å². The minimum atomic E-state index is 0.0339. The predicted octanol–water partition coefficient (Wildman–Crippen LogP) is 1.84. The number of carbonyl (C=O) groups excluding carboxylic acids is 1. The minimum Gasteiger partial charge on any atom is -0.399 e. The van der Waals surface area contributed by atoms with Crippen LogP contribution in [0.5, 0.6) is 0 Å². The molecule has 1 heterocycles. The lowest BCUT2D eigenvalue weighted by Crippen LogP contribution is -2.34. The molecule has 2 rings (SSSR count). The van der Waals surface area contributed by atoms with E-state index in [-0.39, 0.29) is 5.91 Å². The van der Waals surface area contributed by atoms with Crippen LogP contribution in [-0.4, -0.2) is 48.9 Å². The molecule has 1 aliphatic rings. The fraction of sp³-hybridized carbons (Fsp3) is 0.438. The second kappa shape index (κ2) is 7.10. The Labute approximate surface area is 120 Å². The molecular formula is C16H23N3O. The minimum absolute atomic E-state index is 0.0339. The highest BCUT2D eigenvalue weighted by atomic mass is 16.2. The number of nitrogens with zero attached hydrogens (tertiary/aromatic N) is 2. The van der Waals surface area contributed by atoms with Gasteiger partial charge >= 0.3 is 0 Å². The van der Waals surface area contributed by atoms with Crippen LogP contribution in [0.25, 0.3) is 6.08 Å². The topological polar surface area (TPSA) is 49.6 Å². The van der Waals surface area contributed by atoms with Crippen molar-refractivity contribution in [3.05, 3.63) is 35.9 Å². The van der Waals surface area contributed by atoms with Gasteiger partial charge in [0.25, 0.3) is 0 Å². The Balaban J connectivity index is 1.80. The average Bonchev–Trinajstić information content (AvgIpc) is 2.95. The van der Waals surface area contributed by atoms with Gasteiger partial charge in [0.1, 0.15) is 0 Å². The molecule has 0 aliphatic carbocycles. The summed E-state index contributed by atoms with van der Waals surface area (Å²) in [5.74, 6) is 0.0339. The summed E-state index contributed by atoms with van der Waals surface area (Å²) < 4.78 is 0. The number of benzene rings is 1. The van der Waals surface area contributed by atoms with Gasteiger partial charge in [-0.3, -0.25) is 4.79 Å². The first-order valence-corrected chi connectivity index (χ1v) is 7.16. The molecule has 1 amide bonds. The molecule has 4 nitrogen and oxygen atoms in total. The van der Waals surface area contributed by atoms with Gasteiger partial charge in [-0.1, -0.05) is 12.1 Å². The molecule has 1 aliphatic heterocycles. The molecule has 0 aromatic heterocycles. The maximum Gasteiger partial charge on any atom is 0.246 e. The summed E-state index contributed by atoms with van der Waals surface area (Å²) in [5.41, 5.74) is 7.37. The zero-order valence-electron chi connectivity index (χ0n) is 12.1. The van der Waals surface area contributed by atoms with Crippen molar-refractivity contribution in [2.45, 2.75) is 12.8 Å². The predicted molar refractivity (Wildman–Crippen MR) is 83.2 cm³/mol. The Kier molecular flexibility index (Phi) is 5.18. The molecule has 1 saturated heterocycles. The van der Waals surface area contributed by atoms with Crippen molar-refractivity contribution < 1.29 is 4.79 Å². The summed E-state index contributed by atoms with van der Waals surface area (Å²) in [6, 6.07) is 7.51. The molecule has 1 fully saturated rings. The Morgan fingerprint density at radius 2 is 2.15 bits per heavy atom. The van der Waals surface area contributed by atoms with E-state index < -0.39 is 0 Å². The van der Waals surface area contributed by atoms with Gasteiger partial charge in [0, 0.05) is 31.9 Å². The number of likely N-dealkylation sites (N-methyl/N-ethyl adjacent to an activating group) is 1. The lowest BCUT2D eigenvalue weighted by Gasteiger charge is -2.20. The highest BCUT2D eigenvalue weighted by Gasteiger charge is 2.12. The molecule has 0 unspecified atom stereocenters. The fourth-order valence-electron chi connectivity index (χ4n) is 2.37. The monoisotopic (exact) mass is 273 g/mol. The summed E-state index contributed by atoms with van der Waals surface area (Å²) in [6.07, 6.45) is 5.99. The second-order valence-electron chi connectivity index (χ2n) is 5.31. The first-order valence-electron chi connectivity index (χ1n) is 7.16. The highest BCUT2D eigenvalue weighted by molar-refractivity contribution is 5.91. The summed E-state index contributed by atoms with van der Waals surface area (Å²) in [6.45, 7) is 4.08. The van der Waals surface area contributed by atoms with Crippen LogP contribution in [0.4, 0.5) is 5.69 Å². The Hall–Kier alpha value is -1.81. The number of rotatable bonds is 5. The van der Waals surface area contributed by atoms with Gasteiger partial charge in [0.15, 0.2) is 0 Å². The van der Waals surface area contributed by atoms with Crippen molar-refractivity contribution in [1.82, 2.24) is 9.80 Å². The summed E-state index contributed by atoms with van der Waals surface area (Å²) in [4.78, 5) is 16.2. The average molecular weight is 273 g/mol. The van der Waals surface area contributed by atoms with Gasteiger partial charge in [0.2, 0.25) is 5.91 Å². The van der Waals surface area contributed by atoms with Crippen LogP contribution in [0.1, 0.15) is 18.4 Å². The highest BCUT2D eigenvalue weighted by Crippen LogP contribution is 2.09. The van der Waals surface area contributed by atoms with E-state index in [0.717, 1.165) is 18.7 Å². The third-order valence-corrected chi connectivity index (χ3v) is 3.66. The van der Waals surface area contributed by atoms with E-state index in [2.05, 4.69) is 4.90 Å². The van der Waals surface area contributed by atoms with Crippen LogP contribution < -0.4 is 5.73 Å². The van der Waals surface area contributed by atoms with Crippen molar-refractivity contribution in [2.24, 2.45) is 0 Å². The van der Waals surface area contributed by atoms with E-state index in [1.807, 2.05) is 37.4 Å². The van der Waals surface area contributed by atoms with Crippen LogP contribution in [0.2, 0.25) is 0 Å². The van der Waals surface area contributed by atoms with Crippen LogP contribution in [0.15, 0.2) is 30.3 Å². The summed E-state index contributed by atoms with van der Waals surface area (Å²) in [5, 5.41) is 0. The number of amides is 1. The van der Waals surface area contributed by atoms with E-state index in [0.29, 0.717) is 5.69 Å². The van der Waals surface area contributed by atoms with E-state index in [1.165, 1.54) is 25.9 Å². The molecule has 0 spiro atoms. The Morgan fingerprint density at radius 1 is 1.40 bits per heavy atom. The van der Waals surface area contributed by atoms with Crippen molar-refractivity contribution in [2.75, 3.05) is 39.0 Å². The Morgan fingerprint density at radius 3 is 2.85 bits per heavy atom. The Bertz CT molecular complexity index is 478. The maximum atomic E-state index is 12.0. The normalized spacial score (nSPS) is 15.8. The smallest absolute Gasteiger partial charge is 0.246 e. The number of carbonyl (C=O) groups is 1. The van der Waals surface area contributed by atoms with Crippen LogP contribution in [-0.2, 0) is 4.79 Å². The molecule has 0 atom stereocenters. The second-order valence-corrected chi connectivity index (χ2v) is 5.31. The standard InChI is InChI=1S/C16H23N3O/c1-18(11-12-19-9-2-3-10-19)16(20)8-7-14-5-4-6-15(17)13-14/h4-8,13H,2-3,9-12,17H2,1H3/b8-7+. The number of nitrogens with two attached hydrogens (primary N) is 1. The number of hydrogen-bond acceptors (Lipinski definition) is 3. The van der Waals surface area contributed by atoms with Gasteiger partial charge in [-0.15, -0.1) is 0 Å². The molecule has 0 saturated carbocycles. The van der Waals surface area contributed by atoms with Crippen LogP contribution in [0.3, 0.4) is 0 Å². The molecule has 20 heavy (non-hydrogen) atoms. The van der Waals surface area contributed by atoms with Crippen molar-refractivity contribution in [3.63, 3.8) is 0 Å². The van der Waals surface area contributed by atoms with E-state index in [1.54, 1.807) is 11.0 Å². The number of hydrogen-bond donors (Lipinski definition) is 1. The van der Waals surface area contributed by atoms with Gasteiger partial charge in [-0.2, -0.15) is 0 Å². The van der Waals surface area contributed by atoms with Crippen molar-refractivity contribution in [3.8, 4) is 0 Å². The third-order valence-electron chi connectivity index (χ3n) is 3.66. The first-order chi connectivity index (χ1) is 9.65. The molecule has 0 bridgehead atoms. The summed E-state index contributed by atoms with van der Waals surface area (Å²) in [7, 11) is 1.85. The molecule has 4 heteroatoms. The molecule has 1 aromatic rings. The van der Waals surface area contributed by atoms with Crippen molar-refractivity contribution >= 4 is 17.7 Å². The third kappa shape index (κ3) is 4.38. The zero-order valence-corrected chi connectivity index (χ0v) is 12.1. The molecular weight excluding hydrogens is 250 g/mol. The van der Waals surface area contributed by atoms with Gasteiger partial charge in [-0.25, -0.2) is 0 Å². The first kappa shape index (κ1) is 14.6. The van der Waals surface area contributed by atoms with E-state index in [4.69, 9.17) is 5.73 Å². The summed E-state index contributed by atoms with van der Waals surface area (Å²) >= 11 is 0. The molecule has 2 N–H and O–H groups in total. The molecule has 108 valence electrons. The van der Waals surface area contributed by atoms with Gasteiger partial charge in [-0.05, 0) is 49.7 Å². The lowest BCUT2D eigenvalue weighted by molar-refractivity contribution is -0.124. The van der Waals surface area contributed by atoms with E-state index >= 15 is 0 Å². The maximum absolute atomic E-state index is 12.0. The fourth-order valence-corrected chi connectivity index (χ4v) is 2.37. The van der Waals surface area contributed by atoms with Crippen LogP contribution in [0, 0.1) is 0 Å². The number of nitrogen functional groups attached to an aromatic ring is 1. The van der Waals surface area contributed by atoms with E-state index in [9.17, 15) is 4.79 Å². The molecule has 1 aromatic carbocycles. The van der Waals surface area contributed by atoms with Gasteiger partial charge < -0.3 is 15.5 Å². The lowest BCUT2D eigenvalue weighted by atomic mass is 10.2. The van der Waals surface area contributed by atoms with Gasteiger partial charge in [0.05, 0.1) is 0 Å².